The number of carbonyl (C=O) groups excluding carboxylic acids is 1. The minimum Gasteiger partial charge on any atom is -0.493 e. The molecule has 6 heteroatoms. The molecule has 1 N–H and O–H groups in total. The van der Waals surface area contributed by atoms with E-state index in [2.05, 4.69) is 24.4 Å². The molecular formula is C18H22N2O4. The second-order valence-corrected chi connectivity index (χ2v) is 5.70. The molecule has 128 valence electrons. The number of hydrazone groups is 1. The number of aryl methyl sites for hydroxylation is 1. The third-order valence-electron chi connectivity index (χ3n) is 3.24. The SMILES string of the molecule is COc1cc(/C=N\NC(=O)c2ccoc2C)ccc1OCC(C)C. The summed E-state index contributed by atoms with van der Waals surface area (Å²) < 4.78 is 16.1. The number of hydrogen-bond donors (Lipinski definition) is 1. The summed E-state index contributed by atoms with van der Waals surface area (Å²) in [7, 11) is 1.59. The van der Waals surface area contributed by atoms with E-state index in [0.717, 1.165) is 5.56 Å². The molecular weight excluding hydrogens is 308 g/mol. The van der Waals surface area contributed by atoms with Crippen molar-refractivity contribution in [2.24, 2.45) is 11.0 Å². The molecule has 0 spiro atoms. The lowest BCUT2D eigenvalue weighted by atomic mass is 10.2. The summed E-state index contributed by atoms with van der Waals surface area (Å²) in [6, 6.07) is 7.07. The van der Waals surface area contributed by atoms with Crippen LogP contribution in [0.4, 0.5) is 0 Å². The zero-order chi connectivity index (χ0) is 17.5. The number of nitrogens with one attached hydrogen (secondary N) is 1. The Labute approximate surface area is 141 Å². The lowest BCUT2D eigenvalue weighted by Crippen LogP contribution is -2.17. The topological polar surface area (TPSA) is 73.1 Å². The van der Waals surface area contributed by atoms with Crippen LogP contribution in [0.5, 0.6) is 11.5 Å². The molecule has 0 unspecified atom stereocenters. The predicted octanol–water partition coefficient (Wildman–Crippen LogP) is 3.40. The Bertz CT molecular complexity index is 720. The highest BCUT2D eigenvalue weighted by atomic mass is 16.5. The van der Waals surface area contributed by atoms with Gasteiger partial charge in [-0.05, 0) is 42.7 Å². The van der Waals surface area contributed by atoms with E-state index in [9.17, 15) is 4.79 Å². The van der Waals surface area contributed by atoms with E-state index < -0.39 is 0 Å². The quantitative estimate of drug-likeness (QED) is 0.624. The Morgan fingerprint density at radius 1 is 1.33 bits per heavy atom. The Hall–Kier alpha value is -2.76. The Morgan fingerprint density at radius 3 is 2.75 bits per heavy atom. The summed E-state index contributed by atoms with van der Waals surface area (Å²) in [5, 5.41) is 3.96. The van der Waals surface area contributed by atoms with Gasteiger partial charge in [0.05, 0.1) is 31.8 Å². The van der Waals surface area contributed by atoms with Crippen molar-refractivity contribution in [3.63, 3.8) is 0 Å². The summed E-state index contributed by atoms with van der Waals surface area (Å²) in [4.78, 5) is 11.9. The number of furan rings is 1. The van der Waals surface area contributed by atoms with Crippen LogP contribution in [-0.4, -0.2) is 25.8 Å². The van der Waals surface area contributed by atoms with Gasteiger partial charge in [-0.2, -0.15) is 5.10 Å². The number of amides is 1. The molecule has 0 fully saturated rings. The Morgan fingerprint density at radius 2 is 2.12 bits per heavy atom. The van der Waals surface area contributed by atoms with Gasteiger partial charge in [-0.25, -0.2) is 5.43 Å². The van der Waals surface area contributed by atoms with Gasteiger partial charge in [-0.1, -0.05) is 13.8 Å². The monoisotopic (exact) mass is 330 g/mol. The molecule has 0 aliphatic rings. The molecule has 2 rings (SSSR count). The summed E-state index contributed by atoms with van der Waals surface area (Å²) in [5.41, 5.74) is 3.71. The molecule has 1 aromatic carbocycles. The highest BCUT2D eigenvalue weighted by Gasteiger charge is 2.10. The minimum absolute atomic E-state index is 0.318. The fraction of sp³-hybridized carbons (Fsp3) is 0.333. The van der Waals surface area contributed by atoms with Crippen LogP contribution in [0.15, 0.2) is 40.0 Å². The molecule has 0 saturated heterocycles. The zero-order valence-corrected chi connectivity index (χ0v) is 14.3. The predicted molar refractivity (Wildman–Crippen MR) is 91.8 cm³/mol. The van der Waals surface area contributed by atoms with Crippen LogP contribution in [0.3, 0.4) is 0 Å². The van der Waals surface area contributed by atoms with E-state index in [-0.39, 0.29) is 5.91 Å². The molecule has 0 radical (unpaired) electrons. The maximum absolute atomic E-state index is 11.9. The largest absolute Gasteiger partial charge is 0.493 e. The van der Waals surface area contributed by atoms with Gasteiger partial charge < -0.3 is 13.9 Å². The van der Waals surface area contributed by atoms with E-state index >= 15 is 0 Å². The molecule has 2 aromatic rings. The molecule has 24 heavy (non-hydrogen) atoms. The third-order valence-corrected chi connectivity index (χ3v) is 3.24. The van der Waals surface area contributed by atoms with Gasteiger partial charge in [-0.3, -0.25) is 4.79 Å². The van der Waals surface area contributed by atoms with Crippen LogP contribution >= 0.6 is 0 Å². The first kappa shape index (κ1) is 17.6. The molecule has 1 aromatic heterocycles. The minimum atomic E-state index is -0.318. The molecule has 1 heterocycles. The fourth-order valence-electron chi connectivity index (χ4n) is 1.99. The van der Waals surface area contributed by atoms with E-state index in [4.69, 9.17) is 13.9 Å². The number of carbonyl (C=O) groups is 1. The van der Waals surface area contributed by atoms with Gasteiger partial charge in [0.15, 0.2) is 11.5 Å². The molecule has 0 atom stereocenters. The number of methoxy groups -OCH3 is 1. The average molecular weight is 330 g/mol. The van der Waals surface area contributed by atoms with Gasteiger partial charge >= 0.3 is 0 Å². The van der Waals surface area contributed by atoms with Crippen LogP contribution in [0.2, 0.25) is 0 Å². The summed E-state index contributed by atoms with van der Waals surface area (Å²) >= 11 is 0. The van der Waals surface area contributed by atoms with Crippen molar-refractivity contribution in [1.29, 1.82) is 0 Å². The van der Waals surface area contributed by atoms with Crippen LogP contribution in [0.25, 0.3) is 0 Å². The van der Waals surface area contributed by atoms with Crippen molar-refractivity contribution in [3.05, 3.63) is 47.4 Å². The summed E-state index contributed by atoms with van der Waals surface area (Å²) in [5.74, 6) is 1.97. The zero-order valence-electron chi connectivity index (χ0n) is 14.3. The van der Waals surface area contributed by atoms with Gasteiger partial charge in [-0.15, -0.1) is 0 Å². The van der Waals surface area contributed by atoms with Crippen molar-refractivity contribution in [3.8, 4) is 11.5 Å². The first-order valence-corrected chi connectivity index (χ1v) is 7.69. The third kappa shape index (κ3) is 4.62. The standard InChI is InChI=1S/C18H22N2O4/c1-12(2)11-24-16-6-5-14(9-17(16)22-4)10-19-20-18(21)15-7-8-23-13(15)3/h5-10,12H,11H2,1-4H3,(H,20,21)/b19-10-. The molecule has 0 saturated carbocycles. The van der Waals surface area contributed by atoms with E-state index in [0.29, 0.717) is 35.3 Å². The van der Waals surface area contributed by atoms with E-state index in [1.807, 2.05) is 12.1 Å². The van der Waals surface area contributed by atoms with Crippen molar-refractivity contribution in [2.45, 2.75) is 20.8 Å². The summed E-state index contributed by atoms with van der Waals surface area (Å²) in [6.07, 6.45) is 3.01. The van der Waals surface area contributed by atoms with Gasteiger partial charge in [0.25, 0.3) is 5.91 Å². The highest BCUT2D eigenvalue weighted by Crippen LogP contribution is 2.27. The van der Waals surface area contributed by atoms with E-state index in [1.54, 1.807) is 32.4 Å². The van der Waals surface area contributed by atoms with Crippen molar-refractivity contribution >= 4 is 12.1 Å². The molecule has 1 amide bonds. The normalized spacial score (nSPS) is 11.0. The lowest BCUT2D eigenvalue weighted by molar-refractivity contribution is 0.0953. The number of ether oxygens (including phenoxy) is 2. The Kier molecular flexibility index (Phi) is 6.01. The maximum Gasteiger partial charge on any atom is 0.274 e. The molecule has 0 aliphatic carbocycles. The average Bonchev–Trinajstić information content (AvgIpc) is 2.99. The smallest absolute Gasteiger partial charge is 0.274 e. The summed E-state index contributed by atoms with van der Waals surface area (Å²) in [6.45, 7) is 6.50. The van der Waals surface area contributed by atoms with Crippen LogP contribution in [0, 0.1) is 12.8 Å². The maximum atomic E-state index is 11.9. The van der Waals surface area contributed by atoms with Gasteiger partial charge in [0, 0.05) is 0 Å². The van der Waals surface area contributed by atoms with Crippen molar-refractivity contribution in [2.75, 3.05) is 13.7 Å². The van der Waals surface area contributed by atoms with Crippen LogP contribution in [0.1, 0.15) is 35.5 Å². The van der Waals surface area contributed by atoms with Crippen LogP contribution < -0.4 is 14.9 Å². The molecule has 0 aliphatic heterocycles. The Balaban J connectivity index is 2.01. The van der Waals surface area contributed by atoms with Gasteiger partial charge in [0.1, 0.15) is 5.76 Å². The van der Waals surface area contributed by atoms with Crippen molar-refractivity contribution < 1.29 is 18.7 Å². The number of hydrogen-bond acceptors (Lipinski definition) is 5. The van der Waals surface area contributed by atoms with Crippen molar-refractivity contribution in [1.82, 2.24) is 5.43 Å². The van der Waals surface area contributed by atoms with Gasteiger partial charge in [0.2, 0.25) is 0 Å². The number of nitrogens with zero attached hydrogens (tertiary/aromatic N) is 1. The second-order valence-electron chi connectivity index (χ2n) is 5.70. The number of benzene rings is 1. The number of rotatable bonds is 7. The lowest BCUT2D eigenvalue weighted by Gasteiger charge is -2.12. The second kappa shape index (κ2) is 8.19. The van der Waals surface area contributed by atoms with E-state index in [1.165, 1.54) is 6.26 Å². The molecule has 0 bridgehead atoms. The first-order chi connectivity index (χ1) is 11.5. The highest BCUT2D eigenvalue weighted by molar-refractivity contribution is 5.95. The first-order valence-electron chi connectivity index (χ1n) is 7.69. The molecule has 6 nitrogen and oxygen atoms in total. The fourth-order valence-corrected chi connectivity index (χ4v) is 1.99. The van der Waals surface area contributed by atoms with Crippen LogP contribution in [-0.2, 0) is 0 Å².